The lowest BCUT2D eigenvalue weighted by Gasteiger charge is -2.36. The number of nitrogens with one attached hydrogen (secondary N) is 2. The van der Waals surface area contributed by atoms with Crippen molar-refractivity contribution in [2.45, 2.75) is 76.7 Å². The molecule has 2 aliphatic carbocycles. The van der Waals surface area contributed by atoms with Crippen LogP contribution in [0.3, 0.4) is 0 Å². The highest BCUT2D eigenvalue weighted by Gasteiger charge is 2.46. The second-order valence-electron chi connectivity index (χ2n) is 11.1. The Hall–Kier alpha value is -3.54. The zero-order valence-corrected chi connectivity index (χ0v) is 21.4. The monoisotopic (exact) mass is 486 g/mol. The molecule has 36 heavy (non-hydrogen) atoms. The number of hydrogen-bond acceptors (Lipinski definition) is 4. The highest BCUT2D eigenvalue weighted by Crippen LogP contribution is 2.48. The lowest BCUT2D eigenvalue weighted by molar-refractivity contribution is 0.0362. The number of carbonyl (C=O) groups is 2. The Kier molecular flexibility index (Phi) is 6.15. The van der Waals surface area contributed by atoms with Gasteiger partial charge in [-0.3, -0.25) is 4.79 Å². The molecule has 0 saturated heterocycles. The molecule has 0 spiro atoms. The number of alkyl carbamates (subject to hydrolysis) is 1. The molecule has 5 rings (SSSR count). The summed E-state index contributed by atoms with van der Waals surface area (Å²) in [6, 6.07) is 20.3. The van der Waals surface area contributed by atoms with E-state index in [9.17, 15) is 9.59 Å². The summed E-state index contributed by atoms with van der Waals surface area (Å²) in [7, 11) is 0. The molecule has 6 heteroatoms. The molecule has 6 nitrogen and oxygen atoms in total. The SMILES string of the molecule is Cc1ccc(OC2CC(NC(=O)OC(C)(C)C)C2)cc1C(=O)NC1(c2cccc3ccccc23)CC1. The first-order chi connectivity index (χ1) is 17.1. The first-order valence-electron chi connectivity index (χ1n) is 12.7. The summed E-state index contributed by atoms with van der Waals surface area (Å²) < 4.78 is 11.4. The van der Waals surface area contributed by atoms with Gasteiger partial charge >= 0.3 is 6.09 Å². The Bertz CT molecular complexity index is 1290. The van der Waals surface area contributed by atoms with Gasteiger partial charge in [-0.2, -0.15) is 0 Å². The Morgan fingerprint density at radius 3 is 2.42 bits per heavy atom. The molecule has 0 heterocycles. The Balaban J connectivity index is 1.23. The van der Waals surface area contributed by atoms with Crippen LogP contribution in [0.25, 0.3) is 10.8 Å². The molecule has 3 aromatic rings. The third-order valence-corrected chi connectivity index (χ3v) is 6.98. The van der Waals surface area contributed by atoms with Crippen molar-refractivity contribution in [1.82, 2.24) is 10.6 Å². The second kappa shape index (κ2) is 9.16. The molecule has 2 aliphatic rings. The van der Waals surface area contributed by atoms with E-state index in [-0.39, 0.29) is 23.6 Å². The summed E-state index contributed by atoms with van der Waals surface area (Å²) in [5.41, 5.74) is 1.87. The van der Waals surface area contributed by atoms with Crippen molar-refractivity contribution in [2.24, 2.45) is 0 Å². The van der Waals surface area contributed by atoms with Gasteiger partial charge in [0.25, 0.3) is 5.91 Å². The Morgan fingerprint density at radius 2 is 1.69 bits per heavy atom. The minimum atomic E-state index is -0.519. The predicted molar refractivity (Wildman–Crippen MR) is 140 cm³/mol. The summed E-state index contributed by atoms with van der Waals surface area (Å²) in [6.07, 6.45) is 2.86. The quantitative estimate of drug-likeness (QED) is 0.448. The zero-order chi connectivity index (χ0) is 25.5. The standard InChI is InChI=1S/C30H34N2O4/c1-19-12-13-22(35-23-16-21(17-23)31-28(34)36-29(2,3)4)18-25(19)27(33)32-30(14-15-30)26-11-7-9-20-8-5-6-10-24(20)26/h5-13,18,21,23H,14-17H2,1-4H3,(H,31,34)(H,32,33). The summed E-state index contributed by atoms with van der Waals surface area (Å²) in [5, 5.41) is 8.58. The van der Waals surface area contributed by atoms with Crippen molar-refractivity contribution < 1.29 is 19.1 Å². The third kappa shape index (κ3) is 5.18. The maximum absolute atomic E-state index is 13.4. The van der Waals surface area contributed by atoms with E-state index in [2.05, 4.69) is 41.0 Å². The van der Waals surface area contributed by atoms with Crippen LogP contribution in [0.5, 0.6) is 5.75 Å². The van der Waals surface area contributed by atoms with Crippen molar-refractivity contribution in [3.63, 3.8) is 0 Å². The van der Waals surface area contributed by atoms with E-state index in [0.29, 0.717) is 24.2 Å². The lowest BCUT2D eigenvalue weighted by atomic mass is 9.89. The maximum atomic E-state index is 13.4. The fraction of sp³-hybridized carbons (Fsp3) is 0.400. The zero-order valence-electron chi connectivity index (χ0n) is 21.4. The summed E-state index contributed by atoms with van der Waals surface area (Å²) in [6.45, 7) is 7.48. The van der Waals surface area contributed by atoms with E-state index in [4.69, 9.17) is 9.47 Å². The van der Waals surface area contributed by atoms with Crippen LogP contribution in [0, 0.1) is 6.92 Å². The van der Waals surface area contributed by atoms with Gasteiger partial charge in [0.15, 0.2) is 0 Å². The first kappa shape index (κ1) is 24.2. The molecule has 2 saturated carbocycles. The maximum Gasteiger partial charge on any atom is 0.407 e. The predicted octanol–water partition coefficient (Wildman–Crippen LogP) is 6.00. The van der Waals surface area contributed by atoms with Crippen LogP contribution >= 0.6 is 0 Å². The van der Waals surface area contributed by atoms with Crippen LogP contribution in [0.1, 0.15) is 67.9 Å². The van der Waals surface area contributed by atoms with E-state index in [1.165, 1.54) is 16.3 Å². The van der Waals surface area contributed by atoms with Gasteiger partial charge in [0, 0.05) is 24.4 Å². The summed E-state index contributed by atoms with van der Waals surface area (Å²) in [5.74, 6) is 0.586. The van der Waals surface area contributed by atoms with Gasteiger partial charge in [-0.05, 0) is 74.6 Å². The van der Waals surface area contributed by atoms with Gasteiger partial charge in [-0.25, -0.2) is 4.79 Å². The van der Waals surface area contributed by atoms with Crippen LogP contribution in [-0.4, -0.2) is 29.7 Å². The molecule has 0 bridgehead atoms. The lowest BCUT2D eigenvalue weighted by Crippen LogP contribution is -2.50. The van der Waals surface area contributed by atoms with Crippen LogP contribution in [0.2, 0.25) is 0 Å². The molecule has 0 unspecified atom stereocenters. The average molecular weight is 487 g/mol. The molecule has 0 atom stereocenters. The molecular weight excluding hydrogens is 452 g/mol. The van der Waals surface area contributed by atoms with Gasteiger partial charge in [0.1, 0.15) is 17.5 Å². The van der Waals surface area contributed by atoms with Gasteiger partial charge < -0.3 is 20.1 Å². The molecule has 188 valence electrons. The molecule has 2 amide bonds. The van der Waals surface area contributed by atoms with Crippen molar-refractivity contribution in [2.75, 3.05) is 0 Å². The fourth-order valence-corrected chi connectivity index (χ4v) is 4.88. The van der Waals surface area contributed by atoms with E-state index in [1.54, 1.807) is 0 Å². The van der Waals surface area contributed by atoms with E-state index in [0.717, 1.165) is 18.4 Å². The van der Waals surface area contributed by atoms with Crippen LogP contribution in [0.15, 0.2) is 60.7 Å². The minimum Gasteiger partial charge on any atom is -0.490 e. The van der Waals surface area contributed by atoms with Gasteiger partial charge in [-0.1, -0.05) is 48.5 Å². The number of hydrogen-bond donors (Lipinski definition) is 2. The molecule has 2 fully saturated rings. The van der Waals surface area contributed by atoms with Crippen molar-refractivity contribution >= 4 is 22.8 Å². The fourth-order valence-electron chi connectivity index (χ4n) is 4.88. The number of aryl methyl sites for hydroxylation is 1. The molecule has 0 radical (unpaired) electrons. The average Bonchev–Trinajstić information content (AvgIpc) is 3.57. The van der Waals surface area contributed by atoms with Crippen molar-refractivity contribution in [3.8, 4) is 5.75 Å². The van der Waals surface area contributed by atoms with Crippen LogP contribution in [0.4, 0.5) is 4.79 Å². The van der Waals surface area contributed by atoms with Gasteiger partial charge in [0.2, 0.25) is 0 Å². The van der Waals surface area contributed by atoms with Crippen LogP contribution in [-0.2, 0) is 10.3 Å². The summed E-state index contributed by atoms with van der Waals surface area (Å²) in [4.78, 5) is 25.4. The van der Waals surface area contributed by atoms with Gasteiger partial charge in [-0.15, -0.1) is 0 Å². The highest BCUT2D eigenvalue weighted by molar-refractivity contribution is 5.97. The number of benzene rings is 3. The number of ether oxygens (including phenoxy) is 2. The number of amides is 2. The molecular formula is C30H34N2O4. The van der Waals surface area contributed by atoms with Crippen molar-refractivity contribution in [3.05, 3.63) is 77.4 Å². The molecule has 2 N–H and O–H groups in total. The second-order valence-corrected chi connectivity index (χ2v) is 11.1. The van der Waals surface area contributed by atoms with Crippen molar-refractivity contribution in [1.29, 1.82) is 0 Å². The molecule has 0 aliphatic heterocycles. The number of fused-ring (bicyclic) bond motifs is 1. The highest BCUT2D eigenvalue weighted by atomic mass is 16.6. The molecule has 0 aromatic heterocycles. The first-order valence-corrected chi connectivity index (χ1v) is 12.7. The van der Waals surface area contributed by atoms with E-state index >= 15 is 0 Å². The Morgan fingerprint density at radius 1 is 0.972 bits per heavy atom. The minimum absolute atomic E-state index is 0.00554. The summed E-state index contributed by atoms with van der Waals surface area (Å²) >= 11 is 0. The normalized spacial score (nSPS) is 20.2. The third-order valence-electron chi connectivity index (χ3n) is 6.98. The molecule has 3 aromatic carbocycles. The van der Waals surface area contributed by atoms with Crippen LogP contribution < -0.4 is 15.4 Å². The van der Waals surface area contributed by atoms with E-state index < -0.39 is 11.7 Å². The smallest absolute Gasteiger partial charge is 0.407 e. The number of carbonyl (C=O) groups excluding carboxylic acids is 2. The number of rotatable bonds is 6. The Labute approximate surface area is 212 Å². The van der Waals surface area contributed by atoms with Gasteiger partial charge in [0.05, 0.1) is 5.54 Å². The topological polar surface area (TPSA) is 76.7 Å². The van der Waals surface area contributed by atoms with E-state index in [1.807, 2.05) is 58.0 Å². The largest absolute Gasteiger partial charge is 0.490 e.